The van der Waals surface area contributed by atoms with E-state index in [9.17, 15) is 0 Å². The number of benzene rings is 1. The molecule has 5 heteroatoms. The summed E-state index contributed by atoms with van der Waals surface area (Å²) in [7, 11) is 1.65. The molecule has 2 heterocycles. The van der Waals surface area contributed by atoms with Crippen molar-refractivity contribution >= 4 is 11.6 Å². The van der Waals surface area contributed by atoms with Gasteiger partial charge in [-0.1, -0.05) is 17.7 Å². The molecule has 4 nitrogen and oxygen atoms in total. The zero-order valence-corrected chi connectivity index (χ0v) is 13.1. The van der Waals surface area contributed by atoms with Gasteiger partial charge in [-0.3, -0.25) is 0 Å². The van der Waals surface area contributed by atoms with Gasteiger partial charge in [-0.2, -0.15) is 0 Å². The number of nitrogens with two attached hydrogens (primary N) is 1. The predicted octanol–water partition coefficient (Wildman–Crippen LogP) is 2.93. The maximum Gasteiger partial charge on any atom is 0.125 e. The topological polar surface area (TPSA) is 53.7 Å². The molecule has 2 aliphatic rings. The van der Waals surface area contributed by atoms with Gasteiger partial charge in [-0.05, 0) is 30.9 Å². The molecule has 2 aliphatic heterocycles. The largest absolute Gasteiger partial charge is 0.496 e. The normalized spacial score (nSPS) is 30.5. The van der Waals surface area contributed by atoms with Crippen LogP contribution in [-0.4, -0.2) is 32.5 Å². The van der Waals surface area contributed by atoms with Crippen molar-refractivity contribution in [1.82, 2.24) is 0 Å². The summed E-state index contributed by atoms with van der Waals surface area (Å²) in [4.78, 5) is 0. The molecule has 0 aliphatic carbocycles. The van der Waals surface area contributed by atoms with Gasteiger partial charge in [-0.25, -0.2) is 0 Å². The predicted molar refractivity (Wildman–Crippen MR) is 81.8 cm³/mol. The third kappa shape index (κ3) is 3.04. The van der Waals surface area contributed by atoms with E-state index in [0.717, 1.165) is 43.8 Å². The SMILES string of the molecule is COc1cc(Cl)ccc1C(N)C1CCOC2(CCOC2)C1. The number of hydrogen-bond acceptors (Lipinski definition) is 4. The molecule has 3 atom stereocenters. The number of ether oxygens (including phenoxy) is 3. The van der Waals surface area contributed by atoms with Gasteiger partial charge in [0.25, 0.3) is 0 Å². The molecular weight excluding hydrogens is 290 g/mol. The molecule has 1 spiro atoms. The standard InChI is InChI=1S/C16H22ClNO3/c1-19-14-8-12(17)2-3-13(14)15(18)11-4-6-21-16(9-11)5-7-20-10-16/h2-3,8,11,15H,4-7,9-10,18H2,1H3. The first kappa shape index (κ1) is 15.1. The van der Waals surface area contributed by atoms with E-state index in [-0.39, 0.29) is 11.6 Å². The summed E-state index contributed by atoms with van der Waals surface area (Å²) in [5.41, 5.74) is 7.42. The van der Waals surface area contributed by atoms with Gasteiger partial charge in [0.15, 0.2) is 0 Å². The zero-order chi connectivity index (χ0) is 14.9. The fraction of sp³-hybridized carbons (Fsp3) is 0.625. The Hall–Kier alpha value is -0.810. The van der Waals surface area contributed by atoms with Crippen LogP contribution in [-0.2, 0) is 9.47 Å². The Labute approximate surface area is 130 Å². The van der Waals surface area contributed by atoms with Gasteiger partial charge in [-0.15, -0.1) is 0 Å². The van der Waals surface area contributed by atoms with Crippen LogP contribution in [0.4, 0.5) is 0 Å². The molecule has 0 saturated carbocycles. The van der Waals surface area contributed by atoms with Crippen molar-refractivity contribution in [3.8, 4) is 5.75 Å². The lowest BCUT2D eigenvalue weighted by Crippen LogP contribution is -2.43. The highest BCUT2D eigenvalue weighted by Crippen LogP contribution is 2.42. The first-order chi connectivity index (χ1) is 10.1. The summed E-state index contributed by atoms with van der Waals surface area (Å²) in [5.74, 6) is 1.13. The van der Waals surface area contributed by atoms with E-state index < -0.39 is 0 Å². The molecule has 1 aromatic carbocycles. The molecule has 0 aromatic heterocycles. The van der Waals surface area contributed by atoms with Gasteiger partial charge >= 0.3 is 0 Å². The maximum absolute atomic E-state index is 6.53. The van der Waals surface area contributed by atoms with Crippen molar-refractivity contribution in [3.05, 3.63) is 28.8 Å². The number of rotatable bonds is 3. The van der Waals surface area contributed by atoms with Crippen molar-refractivity contribution in [1.29, 1.82) is 0 Å². The van der Waals surface area contributed by atoms with E-state index >= 15 is 0 Å². The average Bonchev–Trinajstić information content (AvgIpc) is 2.94. The lowest BCUT2D eigenvalue weighted by molar-refractivity contribution is -0.101. The second-order valence-corrected chi connectivity index (χ2v) is 6.44. The van der Waals surface area contributed by atoms with Crippen molar-refractivity contribution in [2.75, 3.05) is 26.9 Å². The monoisotopic (exact) mass is 311 g/mol. The van der Waals surface area contributed by atoms with Crippen LogP contribution >= 0.6 is 11.6 Å². The highest BCUT2D eigenvalue weighted by atomic mass is 35.5. The quantitative estimate of drug-likeness (QED) is 0.932. The number of methoxy groups -OCH3 is 1. The van der Waals surface area contributed by atoms with Crippen molar-refractivity contribution in [2.45, 2.75) is 30.9 Å². The Morgan fingerprint density at radius 3 is 3.00 bits per heavy atom. The minimum atomic E-state index is -0.125. The maximum atomic E-state index is 6.53. The first-order valence-electron chi connectivity index (χ1n) is 7.44. The third-order valence-corrected chi connectivity index (χ3v) is 4.90. The first-order valence-corrected chi connectivity index (χ1v) is 7.82. The molecule has 3 rings (SSSR count). The van der Waals surface area contributed by atoms with Crippen molar-refractivity contribution < 1.29 is 14.2 Å². The molecule has 116 valence electrons. The highest BCUT2D eigenvalue weighted by Gasteiger charge is 2.42. The van der Waals surface area contributed by atoms with Crippen LogP contribution in [0.25, 0.3) is 0 Å². The molecule has 0 amide bonds. The van der Waals surface area contributed by atoms with Gasteiger partial charge in [0.2, 0.25) is 0 Å². The Bertz CT molecular complexity index is 502. The average molecular weight is 312 g/mol. The summed E-state index contributed by atoms with van der Waals surface area (Å²) >= 11 is 6.03. The second-order valence-electron chi connectivity index (χ2n) is 6.00. The van der Waals surface area contributed by atoms with Crippen molar-refractivity contribution in [2.24, 2.45) is 11.7 Å². The Morgan fingerprint density at radius 1 is 1.43 bits per heavy atom. The van der Waals surface area contributed by atoms with Crippen LogP contribution in [0, 0.1) is 5.92 Å². The molecule has 2 N–H and O–H groups in total. The molecule has 1 aromatic rings. The highest BCUT2D eigenvalue weighted by molar-refractivity contribution is 6.30. The van der Waals surface area contributed by atoms with Gasteiger partial charge in [0.05, 0.1) is 19.3 Å². The van der Waals surface area contributed by atoms with Crippen molar-refractivity contribution in [3.63, 3.8) is 0 Å². The summed E-state index contributed by atoms with van der Waals surface area (Å²) in [5, 5.41) is 0.662. The Morgan fingerprint density at radius 2 is 2.29 bits per heavy atom. The lowest BCUT2D eigenvalue weighted by Gasteiger charge is -2.39. The van der Waals surface area contributed by atoms with E-state index in [1.807, 2.05) is 18.2 Å². The fourth-order valence-corrected chi connectivity index (χ4v) is 3.61. The molecule has 2 fully saturated rings. The van der Waals surface area contributed by atoms with Crippen LogP contribution in [0.1, 0.15) is 30.9 Å². The van der Waals surface area contributed by atoms with E-state index in [1.165, 1.54) is 0 Å². The third-order valence-electron chi connectivity index (χ3n) is 4.66. The van der Waals surface area contributed by atoms with Gasteiger partial charge < -0.3 is 19.9 Å². The van der Waals surface area contributed by atoms with E-state index in [0.29, 0.717) is 17.5 Å². The molecule has 3 unspecified atom stereocenters. The number of halogens is 1. The van der Waals surface area contributed by atoms with Crippen LogP contribution in [0.3, 0.4) is 0 Å². The second kappa shape index (κ2) is 6.13. The Balaban J connectivity index is 1.79. The minimum absolute atomic E-state index is 0.0707. The molecule has 0 radical (unpaired) electrons. The fourth-order valence-electron chi connectivity index (χ4n) is 3.45. The zero-order valence-electron chi connectivity index (χ0n) is 12.3. The molecule has 21 heavy (non-hydrogen) atoms. The van der Waals surface area contributed by atoms with E-state index in [2.05, 4.69) is 0 Å². The molecule has 0 bridgehead atoms. The summed E-state index contributed by atoms with van der Waals surface area (Å²) in [6, 6.07) is 5.59. The smallest absolute Gasteiger partial charge is 0.125 e. The number of hydrogen-bond donors (Lipinski definition) is 1. The van der Waals surface area contributed by atoms with Crippen LogP contribution in [0.2, 0.25) is 5.02 Å². The molecular formula is C16H22ClNO3. The Kier molecular flexibility index (Phi) is 4.41. The van der Waals surface area contributed by atoms with Gasteiger partial charge in [0, 0.05) is 36.3 Å². The molecule has 2 saturated heterocycles. The van der Waals surface area contributed by atoms with Crippen LogP contribution < -0.4 is 10.5 Å². The van der Waals surface area contributed by atoms with E-state index in [4.69, 9.17) is 31.5 Å². The summed E-state index contributed by atoms with van der Waals surface area (Å²) in [6.07, 6.45) is 2.88. The summed E-state index contributed by atoms with van der Waals surface area (Å²) < 4.78 is 16.9. The van der Waals surface area contributed by atoms with E-state index in [1.54, 1.807) is 7.11 Å². The van der Waals surface area contributed by atoms with Gasteiger partial charge in [0.1, 0.15) is 5.75 Å². The lowest BCUT2D eigenvalue weighted by atomic mass is 9.79. The minimum Gasteiger partial charge on any atom is -0.496 e. The van der Waals surface area contributed by atoms with Crippen LogP contribution in [0.15, 0.2) is 18.2 Å². The summed E-state index contributed by atoms with van der Waals surface area (Å²) in [6.45, 7) is 2.22. The van der Waals surface area contributed by atoms with Crippen LogP contribution in [0.5, 0.6) is 5.75 Å².